The molecule has 0 aliphatic heterocycles. The van der Waals surface area contributed by atoms with Crippen LogP contribution in [0.2, 0.25) is 10.0 Å². The third-order valence-electron chi connectivity index (χ3n) is 3.63. The Morgan fingerprint density at radius 3 is 2.13 bits per heavy atom. The van der Waals surface area contributed by atoms with Gasteiger partial charge in [0.15, 0.2) is 6.54 Å². The van der Waals surface area contributed by atoms with Gasteiger partial charge in [-0.05, 0) is 36.8 Å². The molecule has 3 nitrogen and oxygen atoms in total. The normalized spacial score (nSPS) is 13.4. The van der Waals surface area contributed by atoms with Gasteiger partial charge in [-0.1, -0.05) is 47.5 Å². The zero-order valence-electron chi connectivity index (χ0n) is 13.3. The van der Waals surface area contributed by atoms with Crippen molar-refractivity contribution in [3.63, 3.8) is 0 Å². The third-order valence-corrected chi connectivity index (χ3v) is 4.13. The molecule has 2 N–H and O–H groups in total. The molecule has 1 amide bonds. The van der Waals surface area contributed by atoms with Gasteiger partial charge in [-0.3, -0.25) is 4.79 Å². The van der Waals surface area contributed by atoms with Gasteiger partial charge < -0.3 is 10.2 Å². The lowest BCUT2D eigenvalue weighted by Crippen LogP contribution is -3.08. The van der Waals surface area contributed by atoms with Crippen LogP contribution in [0.5, 0.6) is 0 Å². The number of benzene rings is 2. The average Bonchev–Trinajstić information content (AvgIpc) is 2.50. The van der Waals surface area contributed by atoms with Crippen LogP contribution >= 0.6 is 23.2 Å². The molecule has 0 spiro atoms. The van der Waals surface area contributed by atoms with Crippen LogP contribution in [0, 0.1) is 0 Å². The Kier molecular flexibility index (Phi) is 6.46. The van der Waals surface area contributed by atoms with E-state index in [9.17, 15) is 4.79 Å². The summed E-state index contributed by atoms with van der Waals surface area (Å²) in [6.07, 6.45) is 0. The van der Waals surface area contributed by atoms with Crippen molar-refractivity contribution < 1.29 is 9.69 Å². The molecule has 0 heterocycles. The Morgan fingerprint density at radius 1 is 1.04 bits per heavy atom. The van der Waals surface area contributed by atoms with Crippen LogP contribution in [0.15, 0.2) is 48.5 Å². The van der Waals surface area contributed by atoms with E-state index in [2.05, 4.69) is 5.32 Å². The highest BCUT2D eigenvalue weighted by Crippen LogP contribution is 2.15. The fourth-order valence-electron chi connectivity index (χ4n) is 2.41. The molecule has 0 aromatic heterocycles. The maximum absolute atomic E-state index is 12.2. The number of halogens is 2. The van der Waals surface area contributed by atoms with Crippen LogP contribution in [-0.2, 0) is 11.3 Å². The van der Waals surface area contributed by atoms with Gasteiger partial charge in [0.1, 0.15) is 6.54 Å². The first-order chi connectivity index (χ1) is 10.9. The molecular formula is C18H21Cl2N2O+. The number of carbonyl (C=O) groups excluding carboxylic acids is 1. The summed E-state index contributed by atoms with van der Waals surface area (Å²) in [7, 11) is 2.00. The number of hydrogen-bond acceptors (Lipinski definition) is 1. The van der Waals surface area contributed by atoms with Gasteiger partial charge >= 0.3 is 0 Å². The second-order valence-electron chi connectivity index (χ2n) is 5.78. The summed E-state index contributed by atoms with van der Waals surface area (Å²) in [4.78, 5) is 13.3. The average molecular weight is 352 g/mol. The Morgan fingerprint density at radius 2 is 1.57 bits per heavy atom. The van der Waals surface area contributed by atoms with Gasteiger partial charge in [0, 0.05) is 15.6 Å². The molecule has 0 saturated heterocycles. The first-order valence-corrected chi connectivity index (χ1v) is 8.30. The minimum atomic E-state index is -0.0388. The predicted molar refractivity (Wildman–Crippen MR) is 94.9 cm³/mol. The minimum absolute atomic E-state index is 0.0268. The van der Waals surface area contributed by atoms with Crippen LogP contribution in [0.4, 0.5) is 0 Å². The smallest absolute Gasteiger partial charge is 0.275 e. The largest absolute Gasteiger partial charge is 0.345 e. The molecule has 2 rings (SSSR count). The highest BCUT2D eigenvalue weighted by Gasteiger charge is 2.14. The SMILES string of the molecule is C[C@@H](NC(=O)C[NH+](C)Cc1ccc(Cl)cc1)c1ccc(Cl)cc1. The molecule has 1 unspecified atom stereocenters. The van der Waals surface area contributed by atoms with Crippen LogP contribution < -0.4 is 10.2 Å². The zero-order chi connectivity index (χ0) is 16.8. The summed E-state index contributed by atoms with van der Waals surface area (Å²) in [5.74, 6) is 0.0268. The zero-order valence-corrected chi connectivity index (χ0v) is 14.8. The van der Waals surface area contributed by atoms with Crippen molar-refractivity contribution in [2.75, 3.05) is 13.6 Å². The fourth-order valence-corrected chi connectivity index (χ4v) is 2.67. The first kappa shape index (κ1) is 17.8. The lowest BCUT2D eigenvalue weighted by atomic mass is 10.1. The number of rotatable bonds is 6. The van der Waals surface area contributed by atoms with Crippen LogP contribution in [0.3, 0.4) is 0 Å². The standard InChI is InChI=1S/C18H20Cl2N2O/c1-13(15-5-9-17(20)10-6-15)21-18(23)12-22(2)11-14-3-7-16(19)8-4-14/h3-10,13H,11-12H2,1-2H3,(H,21,23)/p+1/t13-/m1/s1. The molecule has 2 atom stereocenters. The summed E-state index contributed by atoms with van der Waals surface area (Å²) < 4.78 is 0. The number of hydrogen-bond donors (Lipinski definition) is 2. The monoisotopic (exact) mass is 351 g/mol. The molecule has 0 aliphatic carbocycles. The molecule has 0 radical (unpaired) electrons. The van der Waals surface area contributed by atoms with Crippen LogP contribution in [-0.4, -0.2) is 19.5 Å². The topological polar surface area (TPSA) is 33.5 Å². The summed E-state index contributed by atoms with van der Waals surface area (Å²) >= 11 is 11.8. The van der Waals surface area contributed by atoms with Crippen molar-refractivity contribution in [2.45, 2.75) is 19.5 Å². The predicted octanol–water partition coefficient (Wildman–Crippen LogP) is 2.89. The molecule has 122 valence electrons. The highest BCUT2D eigenvalue weighted by molar-refractivity contribution is 6.30. The lowest BCUT2D eigenvalue weighted by molar-refractivity contribution is -0.885. The Balaban J connectivity index is 1.83. The van der Waals surface area contributed by atoms with Crippen molar-refractivity contribution in [1.82, 2.24) is 5.32 Å². The van der Waals surface area contributed by atoms with Crippen LogP contribution in [0.1, 0.15) is 24.1 Å². The third kappa shape index (κ3) is 5.87. The Bertz CT molecular complexity index is 641. The molecule has 2 aromatic rings. The molecule has 0 fully saturated rings. The van der Waals surface area contributed by atoms with E-state index in [0.717, 1.165) is 27.6 Å². The van der Waals surface area contributed by atoms with Gasteiger partial charge in [-0.25, -0.2) is 0 Å². The Labute approximate surface area is 147 Å². The summed E-state index contributed by atoms with van der Waals surface area (Å²) in [6, 6.07) is 15.2. The van der Waals surface area contributed by atoms with Gasteiger partial charge in [0.2, 0.25) is 0 Å². The van der Waals surface area contributed by atoms with E-state index in [0.29, 0.717) is 11.6 Å². The van der Waals surface area contributed by atoms with Crippen molar-refractivity contribution in [3.8, 4) is 0 Å². The second kappa shape index (κ2) is 8.34. The summed E-state index contributed by atoms with van der Waals surface area (Å²) in [5.41, 5.74) is 2.20. The van der Waals surface area contributed by atoms with E-state index in [-0.39, 0.29) is 11.9 Å². The van der Waals surface area contributed by atoms with E-state index in [1.54, 1.807) is 0 Å². The first-order valence-electron chi connectivity index (χ1n) is 7.54. The molecule has 0 aliphatic rings. The highest BCUT2D eigenvalue weighted by atomic mass is 35.5. The molecule has 0 bridgehead atoms. The number of quaternary nitrogens is 1. The van der Waals surface area contributed by atoms with E-state index in [1.807, 2.05) is 62.5 Å². The van der Waals surface area contributed by atoms with Gasteiger partial charge in [-0.15, -0.1) is 0 Å². The van der Waals surface area contributed by atoms with Crippen molar-refractivity contribution >= 4 is 29.1 Å². The number of likely N-dealkylation sites (N-methyl/N-ethyl adjacent to an activating group) is 1. The number of carbonyl (C=O) groups is 1. The maximum Gasteiger partial charge on any atom is 0.275 e. The summed E-state index contributed by atoms with van der Waals surface area (Å²) in [6.45, 7) is 3.16. The Hall–Kier alpha value is -1.55. The molecule has 5 heteroatoms. The second-order valence-corrected chi connectivity index (χ2v) is 6.65. The molecule has 2 aromatic carbocycles. The van der Waals surface area contributed by atoms with Gasteiger partial charge in [-0.2, -0.15) is 0 Å². The molecular weight excluding hydrogens is 331 g/mol. The van der Waals surface area contributed by atoms with Crippen LogP contribution in [0.25, 0.3) is 0 Å². The van der Waals surface area contributed by atoms with E-state index in [4.69, 9.17) is 23.2 Å². The van der Waals surface area contributed by atoms with Gasteiger partial charge in [0.25, 0.3) is 5.91 Å². The quantitative estimate of drug-likeness (QED) is 0.824. The van der Waals surface area contributed by atoms with Gasteiger partial charge in [0.05, 0.1) is 13.1 Å². The summed E-state index contributed by atoms with van der Waals surface area (Å²) in [5, 5.41) is 4.43. The van der Waals surface area contributed by atoms with Crippen molar-refractivity contribution in [2.24, 2.45) is 0 Å². The lowest BCUT2D eigenvalue weighted by Gasteiger charge is -2.17. The van der Waals surface area contributed by atoms with Crippen molar-refractivity contribution in [3.05, 3.63) is 69.7 Å². The van der Waals surface area contributed by atoms with E-state index >= 15 is 0 Å². The molecule has 0 saturated carbocycles. The van der Waals surface area contributed by atoms with E-state index in [1.165, 1.54) is 0 Å². The maximum atomic E-state index is 12.2. The number of nitrogens with one attached hydrogen (secondary N) is 2. The van der Waals surface area contributed by atoms with E-state index < -0.39 is 0 Å². The van der Waals surface area contributed by atoms with Crippen molar-refractivity contribution in [1.29, 1.82) is 0 Å². The number of amides is 1. The minimum Gasteiger partial charge on any atom is -0.345 e. The fraction of sp³-hybridized carbons (Fsp3) is 0.278. The molecule has 23 heavy (non-hydrogen) atoms.